The maximum absolute atomic E-state index is 11.5. The Morgan fingerprint density at radius 2 is 2.05 bits per heavy atom. The summed E-state index contributed by atoms with van der Waals surface area (Å²) >= 11 is 3.29. The quantitative estimate of drug-likeness (QED) is 0.829. The third kappa shape index (κ3) is 4.71. The molecule has 1 amide bonds. The second kappa shape index (κ2) is 7.03. The van der Waals surface area contributed by atoms with Gasteiger partial charge in [0.05, 0.1) is 5.69 Å². The minimum absolute atomic E-state index is 0.108. The first kappa shape index (κ1) is 15.2. The topological polar surface area (TPSA) is 84.1 Å². The Labute approximate surface area is 129 Å². The minimum Gasteiger partial charge on any atom is -0.448 e. The smallest absolute Gasteiger partial charge is 0.411 e. The van der Waals surface area contributed by atoms with E-state index in [1.165, 1.54) is 6.07 Å². The maximum atomic E-state index is 11.5. The molecule has 0 fully saturated rings. The number of anilines is 1. The molecule has 0 saturated heterocycles. The van der Waals surface area contributed by atoms with Crippen LogP contribution in [0.5, 0.6) is 0 Å². The van der Waals surface area contributed by atoms with E-state index < -0.39 is 6.09 Å². The monoisotopic (exact) mass is 351 g/mol. The molecule has 2 N–H and O–H groups in total. The largest absolute Gasteiger partial charge is 0.448 e. The summed E-state index contributed by atoms with van der Waals surface area (Å²) in [6.45, 7) is 2.19. The van der Waals surface area contributed by atoms with E-state index in [1.807, 2.05) is 6.92 Å². The van der Waals surface area contributed by atoms with Gasteiger partial charge in [0.1, 0.15) is 6.61 Å². The van der Waals surface area contributed by atoms with Gasteiger partial charge in [-0.15, -0.1) is 0 Å². The van der Waals surface area contributed by atoms with Crippen LogP contribution in [0, 0.1) is 0 Å². The number of aromatic amines is 1. The van der Waals surface area contributed by atoms with E-state index in [0.29, 0.717) is 18.0 Å². The number of amides is 1. The van der Waals surface area contributed by atoms with Crippen molar-refractivity contribution in [3.05, 3.63) is 46.8 Å². The number of nitrogens with one attached hydrogen (secondary N) is 2. The number of carbonyl (C=O) groups is 1. The second-order valence-electron chi connectivity index (χ2n) is 4.39. The van der Waals surface area contributed by atoms with Crippen molar-refractivity contribution in [1.82, 2.24) is 10.2 Å². The molecule has 0 saturated carbocycles. The highest BCUT2D eigenvalue weighted by molar-refractivity contribution is 9.09. The lowest BCUT2D eigenvalue weighted by Gasteiger charge is -2.08. The lowest BCUT2D eigenvalue weighted by atomic mass is 10.1. The number of hydrogen-bond acceptors (Lipinski definition) is 4. The molecular weight excluding hydrogens is 338 g/mol. The summed E-state index contributed by atoms with van der Waals surface area (Å²) in [6.07, 6.45) is -0.504. The Balaban J connectivity index is 2.00. The lowest BCUT2D eigenvalue weighted by Crippen LogP contribution is -2.17. The van der Waals surface area contributed by atoms with Gasteiger partial charge in [-0.3, -0.25) is 10.1 Å². The fourth-order valence-corrected chi connectivity index (χ4v) is 1.71. The average Bonchev–Trinajstić information content (AvgIpc) is 2.47. The van der Waals surface area contributed by atoms with Gasteiger partial charge in [-0.05, 0) is 25.1 Å². The van der Waals surface area contributed by atoms with E-state index in [9.17, 15) is 9.59 Å². The number of nitrogens with zero attached hydrogens (tertiary/aromatic N) is 1. The molecule has 0 bridgehead atoms. The van der Waals surface area contributed by atoms with Gasteiger partial charge in [-0.25, -0.2) is 9.89 Å². The SMILES string of the molecule is CC(Br)COC(=O)Nc1ccc(-c2ccc(=O)[nH]n2)cc1. The summed E-state index contributed by atoms with van der Waals surface area (Å²) in [5, 5.41) is 8.93. The molecule has 2 rings (SSSR count). The molecule has 1 unspecified atom stereocenters. The molecule has 2 aromatic rings. The summed E-state index contributed by atoms with van der Waals surface area (Å²) < 4.78 is 4.99. The van der Waals surface area contributed by atoms with Gasteiger partial charge in [-0.2, -0.15) is 5.10 Å². The van der Waals surface area contributed by atoms with Gasteiger partial charge in [0, 0.05) is 22.1 Å². The van der Waals surface area contributed by atoms with Crippen LogP contribution < -0.4 is 10.9 Å². The van der Waals surface area contributed by atoms with Crippen molar-refractivity contribution in [3.8, 4) is 11.3 Å². The number of halogens is 1. The van der Waals surface area contributed by atoms with Gasteiger partial charge < -0.3 is 4.74 Å². The van der Waals surface area contributed by atoms with Crippen LogP contribution in [0.4, 0.5) is 10.5 Å². The summed E-state index contributed by atoms with van der Waals surface area (Å²) in [4.78, 5) is 22.6. The number of aromatic nitrogens is 2. The fraction of sp³-hybridized carbons (Fsp3) is 0.214. The summed E-state index contributed by atoms with van der Waals surface area (Å²) in [5.74, 6) is 0. The number of ether oxygens (including phenoxy) is 1. The van der Waals surface area contributed by atoms with Gasteiger partial charge >= 0.3 is 6.09 Å². The highest BCUT2D eigenvalue weighted by atomic mass is 79.9. The van der Waals surface area contributed by atoms with Crippen LogP contribution in [-0.4, -0.2) is 27.7 Å². The highest BCUT2D eigenvalue weighted by Crippen LogP contribution is 2.18. The molecular formula is C14H14BrN3O3. The van der Waals surface area contributed by atoms with Gasteiger partial charge in [-0.1, -0.05) is 28.1 Å². The molecule has 21 heavy (non-hydrogen) atoms. The molecule has 110 valence electrons. The zero-order chi connectivity index (χ0) is 15.2. The number of alkyl halides is 1. The number of hydrogen-bond donors (Lipinski definition) is 2. The lowest BCUT2D eigenvalue weighted by molar-refractivity contribution is 0.163. The third-order valence-electron chi connectivity index (χ3n) is 2.55. The van der Waals surface area contributed by atoms with E-state index in [2.05, 4.69) is 31.4 Å². The summed E-state index contributed by atoms with van der Waals surface area (Å²) in [5.41, 5.74) is 1.85. The Bertz CT molecular complexity index is 647. The number of benzene rings is 1. The van der Waals surface area contributed by atoms with Crippen LogP contribution in [0.15, 0.2) is 41.2 Å². The Morgan fingerprint density at radius 3 is 2.62 bits per heavy atom. The molecule has 0 aliphatic carbocycles. The molecule has 1 atom stereocenters. The van der Waals surface area contributed by atoms with E-state index in [1.54, 1.807) is 30.3 Å². The first-order chi connectivity index (χ1) is 10.0. The van der Waals surface area contributed by atoms with Crippen molar-refractivity contribution in [1.29, 1.82) is 0 Å². The molecule has 7 heteroatoms. The molecule has 0 aliphatic rings. The van der Waals surface area contributed by atoms with Crippen molar-refractivity contribution in [3.63, 3.8) is 0 Å². The Morgan fingerprint density at radius 1 is 1.33 bits per heavy atom. The molecule has 6 nitrogen and oxygen atoms in total. The number of rotatable bonds is 4. The average molecular weight is 352 g/mol. The highest BCUT2D eigenvalue weighted by Gasteiger charge is 2.06. The summed E-state index contributed by atoms with van der Waals surface area (Å²) in [7, 11) is 0. The van der Waals surface area contributed by atoms with Crippen molar-refractivity contribution in [2.75, 3.05) is 11.9 Å². The van der Waals surface area contributed by atoms with Crippen molar-refractivity contribution < 1.29 is 9.53 Å². The standard InChI is InChI=1S/C14H14BrN3O3/c1-9(15)8-21-14(20)16-11-4-2-10(3-5-11)12-6-7-13(19)18-17-12/h2-7,9H,8H2,1H3,(H,16,20)(H,18,19). The third-order valence-corrected chi connectivity index (χ3v) is 2.81. The zero-order valence-corrected chi connectivity index (χ0v) is 12.9. The number of carbonyl (C=O) groups excluding carboxylic acids is 1. The molecule has 1 heterocycles. The predicted molar refractivity (Wildman–Crippen MR) is 83.7 cm³/mol. The first-order valence-corrected chi connectivity index (χ1v) is 7.20. The van der Waals surface area contributed by atoms with Crippen molar-refractivity contribution >= 4 is 27.7 Å². The number of H-pyrrole nitrogens is 1. The van der Waals surface area contributed by atoms with Crippen LogP contribution in [0.3, 0.4) is 0 Å². The van der Waals surface area contributed by atoms with Crippen molar-refractivity contribution in [2.24, 2.45) is 0 Å². The van der Waals surface area contributed by atoms with Crippen LogP contribution in [0.1, 0.15) is 6.92 Å². The van der Waals surface area contributed by atoms with Crippen LogP contribution in [0.2, 0.25) is 0 Å². The van der Waals surface area contributed by atoms with Gasteiger partial charge in [0.25, 0.3) is 5.56 Å². The molecule has 0 radical (unpaired) electrons. The molecule has 0 spiro atoms. The fourth-order valence-electron chi connectivity index (χ4n) is 1.57. The normalized spacial score (nSPS) is 11.7. The minimum atomic E-state index is -0.504. The zero-order valence-electron chi connectivity index (χ0n) is 11.3. The van der Waals surface area contributed by atoms with Crippen LogP contribution >= 0.6 is 15.9 Å². The second-order valence-corrected chi connectivity index (χ2v) is 5.95. The van der Waals surface area contributed by atoms with E-state index in [-0.39, 0.29) is 10.4 Å². The first-order valence-electron chi connectivity index (χ1n) is 6.28. The van der Waals surface area contributed by atoms with Crippen LogP contribution in [-0.2, 0) is 4.74 Å². The van der Waals surface area contributed by atoms with Gasteiger partial charge in [0.2, 0.25) is 0 Å². The van der Waals surface area contributed by atoms with E-state index in [4.69, 9.17) is 4.74 Å². The maximum Gasteiger partial charge on any atom is 0.411 e. The predicted octanol–water partition coefficient (Wildman–Crippen LogP) is 2.77. The van der Waals surface area contributed by atoms with Crippen LogP contribution in [0.25, 0.3) is 11.3 Å². The molecule has 1 aromatic heterocycles. The Hall–Kier alpha value is -2.15. The van der Waals surface area contributed by atoms with E-state index in [0.717, 1.165) is 5.56 Å². The molecule has 0 aliphatic heterocycles. The summed E-state index contributed by atoms with van der Waals surface area (Å²) in [6, 6.07) is 10.1. The van der Waals surface area contributed by atoms with Crippen molar-refractivity contribution in [2.45, 2.75) is 11.8 Å². The Kier molecular flexibility index (Phi) is 5.10. The molecule has 1 aromatic carbocycles. The van der Waals surface area contributed by atoms with E-state index >= 15 is 0 Å². The van der Waals surface area contributed by atoms with Gasteiger partial charge in [0.15, 0.2) is 0 Å².